The number of hydrogen-bond donors (Lipinski definition) is 2. The highest BCUT2D eigenvalue weighted by Gasteiger charge is 2.27. The number of rotatable bonds is 5. The molecule has 1 aliphatic rings. The summed E-state index contributed by atoms with van der Waals surface area (Å²) in [5.41, 5.74) is 0.521. The number of carbonyl (C=O) groups is 1. The first-order valence-corrected chi connectivity index (χ1v) is 11.0. The minimum atomic E-state index is -3.76. The number of amides is 1. The van der Waals surface area contributed by atoms with Gasteiger partial charge in [0.15, 0.2) is 5.82 Å². The van der Waals surface area contributed by atoms with Gasteiger partial charge in [-0.2, -0.15) is 5.10 Å². The second-order valence-corrected chi connectivity index (χ2v) is 8.59. The fourth-order valence-electron chi connectivity index (χ4n) is 3.41. The standard InChI is InChI=1S/C19H21N7O3S/c20-30(28,29)16-6-4-15(5-7-16)24-19(27)14-3-1-9-25(12-14)17-11-18(22-13-21-17)26-10-2-8-23-26/h2,4-8,10-11,13-14H,1,3,9,12H2,(H,24,27)(H2,20,28,29). The topological polar surface area (TPSA) is 136 Å². The van der Waals surface area contributed by atoms with E-state index in [4.69, 9.17) is 5.14 Å². The molecule has 156 valence electrons. The summed E-state index contributed by atoms with van der Waals surface area (Å²) in [6.07, 6.45) is 6.58. The van der Waals surface area contributed by atoms with Crippen molar-refractivity contribution in [1.82, 2.24) is 19.7 Å². The van der Waals surface area contributed by atoms with Crippen molar-refractivity contribution in [3.63, 3.8) is 0 Å². The molecule has 3 N–H and O–H groups in total. The second kappa shape index (κ2) is 8.20. The summed E-state index contributed by atoms with van der Waals surface area (Å²) in [7, 11) is -3.76. The highest BCUT2D eigenvalue weighted by molar-refractivity contribution is 7.89. The average molecular weight is 427 g/mol. The van der Waals surface area contributed by atoms with E-state index in [0.717, 1.165) is 25.2 Å². The number of primary sulfonamides is 1. The van der Waals surface area contributed by atoms with E-state index in [1.807, 2.05) is 12.1 Å². The number of aromatic nitrogens is 4. The van der Waals surface area contributed by atoms with Crippen molar-refractivity contribution in [1.29, 1.82) is 0 Å². The molecule has 11 heteroatoms. The van der Waals surface area contributed by atoms with E-state index in [-0.39, 0.29) is 16.7 Å². The molecule has 30 heavy (non-hydrogen) atoms. The lowest BCUT2D eigenvalue weighted by atomic mass is 9.97. The summed E-state index contributed by atoms with van der Waals surface area (Å²) in [5, 5.41) is 12.1. The fraction of sp³-hybridized carbons (Fsp3) is 0.263. The molecular weight excluding hydrogens is 406 g/mol. The molecule has 2 aromatic heterocycles. The Kier molecular flexibility index (Phi) is 5.46. The number of benzene rings is 1. The van der Waals surface area contributed by atoms with Crippen LogP contribution in [0.25, 0.3) is 5.82 Å². The molecule has 0 bridgehead atoms. The van der Waals surface area contributed by atoms with Crippen molar-refractivity contribution in [3.05, 3.63) is 55.1 Å². The maximum atomic E-state index is 12.8. The lowest BCUT2D eigenvalue weighted by Crippen LogP contribution is -2.41. The van der Waals surface area contributed by atoms with Crippen molar-refractivity contribution < 1.29 is 13.2 Å². The Morgan fingerprint density at radius 1 is 1.17 bits per heavy atom. The molecule has 1 aromatic carbocycles. The molecule has 10 nitrogen and oxygen atoms in total. The Labute approximate surface area is 173 Å². The molecule has 0 radical (unpaired) electrons. The highest BCUT2D eigenvalue weighted by atomic mass is 32.2. The lowest BCUT2D eigenvalue weighted by molar-refractivity contribution is -0.120. The Morgan fingerprint density at radius 3 is 2.63 bits per heavy atom. The minimum absolute atomic E-state index is 0.00101. The number of anilines is 2. The summed E-state index contributed by atoms with van der Waals surface area (Å²) < 4.78 is 24.4. The van der Waals surface area contributed by atoms with Gasteiger partial charge in [-0.25, -0.2) is 28.2 Å². The molecule has 1 amide bonds. The Balaban J connectivity index is 1.44. The molecule has 1 atom stereocenters. The number of sulfonamides is 1. The average Bonchev–Trinajstić information content (AvgIpc) is 3.29. The van der Waals surface area contributed by atoms with E-state index in [2.05, 4.69) is 25.3 Å². The third kappa shape index (κ3) is 4.47. The number of carbonyl (C=O) groups excluding carboxylic acids is 1. The van der Waals surface area contributed by atoms with Crippen molar-refractivity contribution in [3.8, 4) is 5.82 Å². The molecule has 4 rings (SSSR count). The largest absolute Gasteiger partial charge is 0.356 e. The van der Waals surface area contributed by atoms with Gasteiger partial charge >= 0.3 is 0 Å². The van der Waals surface area contributed by atoms with Crippen LogP contribution in [0.1, 0.15) is 12.8 Å². The highest BCUT2D eigenvalue weighted by Crippen LogP contribution is 2.24. The summed E-state index contributed by atoms with van der Waals surface area (Å²) in [6, 6.07) is 9.46. The molecule has 0 aliphatic carbocycles. The molecule has 1 fully saturated rings. The first-order valence-electron chi connectivity index (χ1n) is 9.41. The molecule has 1 aliphatic heterocycles. The zero-order chi connectivity index (χ0) is 21.1. The molecule has 1 saturated heterocycles. The van der Waals surface area contributed by atoms with Crippen molar-refractivity contribution in [2.75, 3.05) is 23.3 Å². The van der Waals surface area contributed by atoms with Crippen LogP contribution in [0.15, 0.2) is 60.0 Å². The predicted octanol–water partition coefficient (Wildman–Crippen LogP) is 1.16. The van der Waals surface area contributed by atoms with Gasteiger partial charge in [0.25, 0.3) is 0 Å². The van der Waals surface area contributed by atoms with Gasteiger partial charge in [0, 0.05) is 37.2 Å². The number of nitrogens with two attached hydrogens (primary N) is 1. The van der Waals surface area contributed by atoms with Crippen molar-refractivity contribution >= 4 is 27.4 Å². The van der Waals surface area contributed by atoms with Gasteiger partial charge in [-0.15, -0.1) is 0 Å². The predicted molar refractivity (Wildman–Crippen MR) is 111 cm³/mol. The maximum Gasteiger partial charge on any atom is 0.238 e. The minimum Gasteiger partial charge on any atom is -0.356 e. The van der Waals surface area contributed by atoms with Crippen LogP contribution < -0.4 is 15.4 Å². The smallest absolute Gasteiger partial charge is 0.238 e. The molecule has 0 saturated carbocycles. The van der Waals surface area contributed by atoms with Crippen LogP contribution in [-0.2, 0) is 14.8 Å². The zero-order valence-electron chi connectivity index (χ0n) is 16.0. The quantitative estimate of drug-likeness (QED) is 0.623. The Bertz CT molecular complexity index is 1130. The van der Waals surface area contributed by atoms with Crippen LogP contribution in [-0.4, -0.2) is 47.2 Å². The molecular formula is C19H21N7O3S. The summed E-state index contributed by atoms with van der Waals surface area (Å²) >= 11 is 0. The molecule has 3 heterocycles. The van der Waals surface area contributed by atoms with Gasteiger partial charge in [-0.05, 0) is 43.2 Å². The number of hydrogen-bond acceptors (Lipinski definition) is 7. The van der Waals surface area contributed by atoms with Gasteiger partial charge in [0.2, 0.25) is 15.9 Å². The van der Waals surface area contributed by atoms with Crippen LogP contribution in [0.2, 0.25) is 0 Å². The van der Waals surface area contributed by atoms with Gasteiger partial charge in [-0.3, -0.25) is 4.79 Å². The second-order valence-electron chi connectivity index (χ2n) is 7.03. The Hall–Kier alpha value is -3.31. The van der Waals surface area contributed by atoms with Crippen molar-refractivity contribution in [2.24, 2.45) is 11.1 Å². The van der Waals surface area contributed by atoms with E-state index < -0.39 is 10.0 Å². The Morgan fingerprint density at radius 2 is 1.93 bits per heavy atom. The van der Waals surface area contributed by atoms with E-state index >= 15 is 0 Å². The summed E-state index contributed by atoms with van der Waals surface area (Å²) in [6.45, 7) is 1.32. The molecule has 0 spiro atoms. The normalized spacial score (nSPS) is 17.0. The first kappa shape index (κ1) is 20.0. The summed E-state index contributed by atoms with van der Waals surface area (Å²) in [5.74, 6) is 1.06. The SMILES string of the molecule is NS(=O)(=O)c1ccc(NC(=O)C2CCCN(c3cc(-n4cccn4)ncn3)C2)cc1. The molecule has 3 aromatic rings. The van der Waals surface area contributed by atoms with E-state index in [9.17, 15) is 13.2 Å². The van der Waals surface area contributed by atoms with E-state index in [0.29, 0.717) is 18.1 Å². The number of nitrogens with one attached hydrogen (secondary N) is 1. The van der Waals surface area contributed by atoms with E-state index in [1.54, 1.807) is 17.1 Å². The van der Waals surface area contributed by atoms with Crippen LogP contribution in [0.4, 0.5) is 11.5 Å². The van der Waals surface area contributed by atoms with Crippen LogP contribution in [0, 0.1) is 5.92 Å². The van der Waals surface area contributed by atoms with Crippen LogP contribution >= 0.6 is 0 Å². The van der Waals surface area contributed by atoms with Gasteiger partial charge < -0.3 is 10.2 Å². The van der Waals surface area contributed by atoms with Gasteiger partial charge in [0.1, 0.15) is 12.1 Å². The number of nitrogens with zero attached hydrogens (tertiary/aromatic N) is 5. The maximum absolute atomic E-state index is 12.8. The zero-order valence-corrected chi connectivity index (χ0v) is 16.9. The third-order valence-electron chi connectivity index (χ3n) is 4.94. The summed E-state index contributed by atoms with van der Waals surface area (Å²) in [4.78, 5) is 23.4. The van der Waals surface area contributed by atoms with Crippen LogP contribution in [0.5, 0.6) is 0 Å². The third-order valence-corrected chi connectivity index (χ3v) is 5.87. The monoisotopic (exact) mass is 427 g/mol. The van der Waals surface area contributed by atoms with E-state index in [1.165, 1.54) is 30.6 Å². The first-order chi connectivity index (χ1) is 14.4. The fourth-order valence-corrected chi connectivity index (χ4v) is 3.93. The molecule has 1 unspecified atom stereocenters. The van der Waals surface area contributed by atoms with Crippen LogP contribution in [0.3, 0.4) is 0 Å². The van der Waals surface area contributed by atoms with Crippen molar-refractivity contribution in [2.45, 2.75) is 17.7 Å². The van der Waals surface area contributed by atoms with Gasteiger partial charge in [-0.1, -0.05) is 0 Å². The number of piperidine rings is 1. The van der Waals surface area contributed by atoms with Gasteiger partial charge in [0.05, 0.1) is 10.8 Å². The lowest BCUT2D eigenvalue weighted by Gasteiger charge is -2.32.